The number of aliphatic hydroxyl groups is 2. The van der Waals surface area contributed by atoms with Gasteiger partial charge in [0.05, 0.1) is 12.2 Å². The van der Waals surface area contributed by atoms with Gasteiger partial charge in [-0.05, 0) is 123 Å². The molecule has 4 N–H and O–H groups in total. The minimum absolute atomic E-state index is 0.141. The van der Waals surface area contributed by atoms with Gasteiger partial charge in [-0.25, -0.2) is 4.79 Å². The lowest BCUT2D eigenvalue weighted by atomic mass is 9.44. The average Bonchev–Trinajstić information content (AvgIpc) is 3.18. The average molecular weight is 524 g/mol. The zero-order chi connectivity index (χ0) is 26.3. The fraction of sp³-hybridized carbons (Fsp3) is 0.931. The second-order valence-corrected chi connectivity index (χ2v) is 14.2. The molecule has 11 atom stereocenters. The highest BCUT2D eigenvalue weighted by Crippen LogP contribution is 2.68. The summed E-state index contributed by atoms with van der Waals surface area (Å²) in [5, 5.41) is 33.7. The van der Waals surface area contributed by atoms with Crippen LogP contribution in [0, 0.1) is 46.3 Å². The van der Waals surface area contributed by atoms with Crippen molar-refractivity contribution in [2.45, 2.75) is 110 Å². The lowest BCUT2D eigenvalue weighted by Gasteiger charge is -2.62. The van der Waals surface area contributed by atoms with Crippen LogP contribution in [0.25, 0.3) is 0 Å². The first-order valence-electron chi connectivity index (χ1n) is 14.4. The molecule has 7 heteroatoms. The number of amides is 1. The summed E-state index contributed by atoms with van der Waals surface area (Å²) in [7, 11) is 0. The summed E-state index contributed by atoms with van der Waals surface area (Å²) >= 11 is 1.59. The first kappa shape index (κ1) is 28.2. The number of hydrogen-bond donors (Lipinski definition) is 4. The number of carboxylic acids is 1. The topological polar surface area (TPSA) is 107 Å². The molecule has 0 bridgehead atoms. The zero-order valence-electron chi connectivity index (χ0n) is 22.7. The van der Waals surface area contributed by atoms with Gasteiger partial charge >= 0.3 is 5.97 Å². The Labute approximate surface area is 221 Å². The van der Waals surface area contributed by atoms with E-state index in [1.807, 2.05) is 6.26 Å². The SMILES string of the molecule is CSCCC(NC(=O)CCC(C)C1CCC2C3CC(O)C4CC(O)CCC4(C)C3CCC12C)C(=O)O. The number of rotatable bonds is 9. The van der Waals surface area contributed by atoms with Gasteiger partial charge < -0.3 is 20.6 Å². The molecule has 0 aromatic carbocycles. The van der Waals surface area contributed by atoms with E-state index in [-0.39, 0.29) is 34.9 Å². The van der Waals surface area contributed by atoms with Crippen LogP contribution in [0.15, 0.2) is 0 Å². The summed E-state index contributed by atoms with van der Waals surface area (Å²) in [5.74, 6) is 2.66. The molecule has 0 spiro atoms. The molecule has 0 heterocycles. The molecule has 206 valence electrons. The molecule has 4 aliphatic rings. The molecule has 0 saturated heterocycles. The van der Waals surface area contributed by atoms with Crippen LogP contribution in [0.5, 0.6) is 0 Å². The van der Waals surface area contributed by atoms with Crippen molar-refractivity contribution in [1.29, 1.82) is 0 Å². The number of carbonyl (C=O) groups is 2. The number of carboxylic acid groups (broad SMARTS) is 1. The van der Waals surface area contributed by atoms with E-state index < -0.39 is 12.0 Å². The Hall–Kier alpha value is -0.790. The summed E-state index contributed by atoms with van der Waals surface area (Å²) in [4.78, 5) is 24.1. The molecule has 4 aliphatic carbocycles. The third-order valence-electron chi connectivity index (χ3n) is 11.5. The quantitative estimate of drug-likeness (QED) is 0.349. The number of fused-ring (bicyclic) bond motifs is 5. The van der Waals surface area contributed by atoms with Crippen molar-refractivity contribution >= 4 is 23.6 Å². The fourth-order valence-corrected chi connectivity index (χ4v) is 10.0. The molecule has 4 saturated carbocycles. The summed E-state index contributed by atoms with van der Waals surface area (Å²) < 4.78 is 0. The Bertz CT molecular complexity index is 809. The standard InChI is InChI=1S/C29H49NO5S/c1-17(5-8-26(33)30-24(27(34)35)11-14-36-4)20-6-7-21-19-16-25(32)23-15-18(31)9-12-29(23,3)22(19)10-13-28(20,21)2/h17-25,31-32H,5-16H2,1-4H3,(H,30,33)(H,34,35). The van der Waals surface area contributed by atoms with Gasteiger partial charge in [0.1, 0.15) is 6.04 Å². The Morgan fingerprint density at radius 2 is 1.67 bits per heavy atom. The maximum Gasteiger partial charge on any atom is 0.326 e. The van der Waals surface area contributed by atoms with Crippen molar-refractivity contribution in [2.75, 3.05) is 12.0 Å². The van der Waals surface area contributed by atoms with Gasteiger partial charge in [-0.1, -0.05) is 20.8 Å². The van der Waals surface area contributed by atoms with Gasteiger partial charge in [-0.2, -0.15) is 11.8 Å². The number of hydrogen-bond acceptors (Lipinski definition) is 5. The van der Waals surface area contributed by atoms with Crippen molar-refractivity contribution in [1.82, 2.24) is 5.32 Å². The maximum atomic E-state index is 12.6. The van der Waals surface area contributed by atoms with E-state index in [1.54, 1.807) is 11.8 Å². The second kappa shape index (κ2) is 11.1. The molecule has 1 amide bonds. The first-order chi connectivity index (χ1) is 17.0. The molecular weight excluding hydrogens is 474 g/mol. The molecule has 36 heavy (non-hydrogen) atoms. The van der Waals surface area contributed by atoms with Gasteiger partial charge in [-0.15, -0.1) is 0 Å². The Kier molecular flexibility index (Phi) is 8.73. The molecule has 0 radical (unpaired) electrons. The molecule has 0 aromatic heterocycles. The molecule has 11 unspecified atom stereocenters. The third kappa shape index (κ3) is 5.22. The molecule has 4 fully saturated rings. The number of nitrogens with one attached hydrogen (secondary N) is 1. The van der Waals surface area contributed by atoms with Crippen molar-refractivity contribution in [2.24, 2.45) is 46.3 Å². The number of aliphatic carboxylic acids is 1. The van der Waals surface area contributed by atoms with Crippen LogP contribution >= 0.6 is 11.8 Å². The van der Waals surface area contributed by atoms with E-state index in [1.165, 1.54) is 25.7 Å². The van der Waals surface area contributed by atoms with Crippen molar-refractivity contribution < 1.29 is 24.9 Å². The summed E-state index contributed by atoms with van der Waals surface area (Å²) in [6, 6.07) is -0.798. The Morgan fingerprint density at radius 3 is 2.36 bits per heavy atom. The smallest absolute Gasteiger partial charge is 0.326 e. The lowest BCUT2D eigenvalue weighted by molar-refractivity contribution is -0.172. The second-order valence-electron chi connectivity index (χ2n) is 13.2. The molecule has 4 rings (SSSR count). The molecular formula is C29H49NO5S. The molecule has 6 nitrogen and oxygen atoms in total. The van der Waals surface area contributed by atoms with Gasteiger partial charge in [-0.3, -0.25) is 4.79 Å². The van der Waals surface area contributed by atoms with E-state index in [2.05, 4.69) is 26.1 Å². The Balaban J connectivity index is 1.38. The number of aliphatic hydroxyl groups excluding tert-OH is 2. The zero-order valence-corrected chi connectivity index (χ0v) is 23.6. The van der Waals surface area contributed by atoms with Crippen LogP contribution in [0.2, 0.25) is 0 Å². The predicted molar refractivity (Wildman–Crippen MR) is 144 cm³/mol. The van der Waals surface area contributed by atoms with Gasteiger partial charge in [0.25, 0.3) is 0 Å². The lowest BCUT2D eigenvalue weighted by Crippen LogP contribution is -2.58. The number of carbonyl (C=O) groups excluding carboxylic acids is 1. The summed E-state index contributed by atoms with van der Waals surface area (Å²) in [6.45, 7) is 7.18. The maximum absolute atomic E-state index is 12.6. The largest absolute Gasteiger partial charge is 0.480 e. The van der Waals surface area contributed by atoms with Crippen molar-refractivity contribution in [3.63, 3.8) is 0 Å². The van der Waals surface area contributed by atoms with Crippen LogP contribution in [-0.2, 0) is 9.59 Å². The monoisotopic (exact) mass is 523 g/mol. The highest BCUT2D eigenvalue weighted by molar-refractivity contribution is 7.98. The van der Waals surface area contributed by atoms with E-state index in [9.17, 15) is 24.9 Å². The fourth-order valence-electron chi connectivity index (χ4n) is 9.57. The van der Waals surface area contributed by atoms with E-state index in [0.29, 0.717) is 48.2 Å². The Morgan fingerprint density at radius 1 is 0.972 bits per heavy atom. The van der Waals surface area contributed by atoms with Crippen LogP contribution < -0.4 is 5.32 Å². The van der Waals surface area contributed by atoms with Gasteiger partial charge in [0.2, 0.25) is 5.91 Å². The summed E-state index contributed by atoms with van der Waals surface area (Å²) in [5.41, 5.74) is 0.387. The van der Waals surface area contributed by atoms with Gasteiger partial charge in [0, 0.05) is 6.42 Å². The molecule has 0 aromatic rings. The highest BCUT2D eigenvalue weighted by Gasteiger charge is 2.62. The van der Waals surface area contributed by atoms with Gasteiger partial charge in [0.15, 0.2) is 0 Å². The van der Waals surface area contributed by atoms with E-state index in [0.717, 1.165) is 32.1 Å². The predicted octanol–water partition coefficient (Wildman–Crippen LogP) is 4.72. The number of thioether (sulfide) groups is 1. The van der Waals surface area contributed by atoms with Crippen molar-refractivity contribution in [3.05, 3.63) is 0 Å². The third-order valence-corrected chi connectivity index (χ3v) is 12.1. The van der Waals surface area contributed by atoms with Crippen LogP contribution in [-0.4, -0.2) is 57.5 Å². The van der Waals surface area contributed by atoms with Crippen LogP contribution in [0.3, 0.4) is 0 Å². The van der Waals surface area contributed by atoms with Crippen molar-refractivity contribution in [3.8, 4) is 0 Å². The summed E-state index contributed by atoms with van der Waals surface area (Å²) in [6.07, 6.45) is 11.4. The van der Waals surface area contributed by atoms with E-state index >= 15 is 0 Å². The highest BCUT2D eigenvalue weighted by atomic mass is 32.2. The van der Waals surface area contributed by atoms with Crippen LogP contribution in [0.1, 0.15) is 91.4 Å². The minimum Gasteiger partial charge on any atom is -0.480 e. The first-order valence-corrected chi connectivity index (χ1v) is 15.8. The van der Waals surface area contributed by atoms with E-state index in [4.69, 9.17) is 0 Å². The normalized spacial score (nSPS) is 43.6. The molecule has 0 aliphatic heterocycles. The minimum atomic E-state index is -0.952. The van der Waals surface area contributed by atoms with Crippen LogP contribution in [0.4, 0.5) is 0 Å².